The van der Waals surface area contributed by atoms with Crippen molar-refractivity contribution in [1.82, 2.24) is 0 Å². The zero-order valence-electron chi connectivity index (χ0n) is 14.2. The molecule has 0 bridgehead atoms. The molecule has 0 spiro atoms. The smallest absolute Gasteiger partial charge is 0.332 e. The van der Waals surface area contributed by atoms with Crippen molar-refractivity contribution in [2.45, 2.75) is 51.4 Å². The van der Waals surface area contributed by atoms with Gasteiger partial charge in [0.1, 0.15) is 0 Å². The van der Waals surface area contributed by atoms with Crippen molar-refractivity contribution >= 4 is 11.9 Å². The molecule has 4 nitrogen and oxygen atoms in total. The molecule has 2 N–H and O–H groups in total. The van der Waals surface area contributed by atoms with Crippen LogP contribution in [0.2, 0.25) is 0 Å². The molecule has 0 aliphatic rings. The molecule has 0 rings (SSSR count). The standard InChI is InChI=1S/C20H28O4/c1-3-5-7-9-11-13-15-17(19(21)22)18(20(23)24)16-14-12-10-8-6-4-2/h3-4,11-14H,1-2,5-10,15-16H2,(H,21,22)(H,23,24)/b13-11?,14-12?,18-17+. The van der Waals surface area contributed by atoms with Crippen LogP contribution < -0.4 is 0 Å². The lowest BCUT2D eigenvalue weighted by atomic mass is 10.0. The van der Waals surface area contributed by atoms with E-state index in [4.69, 9.17) is 0 Å². The Hall–Kier alpha value is -2.36. The molecule has 4 heteroatoms. The van der Waals surface area contributed by atoms with E-state index in [0.29, 0.717) is 0 Å². The third-order valence-corrected chi connectivity index (χ3v) is 3.42. The van der Waals surface area contributed by atoms with Crippen molar-refractivity contribution in [1.29, 1.82) is 0 Å². The van der Waals surface area contributed by atoms with Gasteiger partial charge in [-0.05, 0) is 51.4 Å². The molecule has 0 radical (unpaired) electrons. The van der Waals surface area contributed by atoms with Gasteiger partial charge in [0.05, 0.1) is 11.1 Å². The first-order valence-corrected chi connectivity index (χ1v) is 8.25. The first kappa shape index (κ1) is 21.6. The summed E-state index contributed by atoms with van der Waals surface area (Å²) < 4.78 is 0. The summed E-state index contributed by atoms with van der Waals surface area (Å²) in [6.45, 7) is 7.28. The van der Waals surface area contributed by atoms with Crippen molar-refractivity contribution in [2.24, 2.45) is 0 Å². The van der Waals surface area contributed by atoms with Crippen LogP contribution in [0.1, 0.15) is 51.4 Å². The number of carboxylic acids is 2. The fourth-order valence-corrected chi connectivity index (χ4v) is 2.08. The molecule has 132 valence electrons. The van der Waals surface area contributed by atoms with E-state index < -0.39 is 11.9 Å². The Balaban J connectivity index is 4.82. The molecule has 0 unspecified atom stereocenters. The van der Waals surface area contributed by atoms with Crippen molar-refractivity contribution in [2.75, 3.05) is 0 Å². The Kier molecular flexibility index (Phi) is 12.8. The molecule has 0 heterocycles. The van der Waals surface area contributed by atoms with E-state index in [1.54, 1.807) is 12.2 Å². The maximum atomic E-state index is 11.4. The fourth-order valence-electron chi connectivity index (χ4n) is 2.08. The Morgan fingerprint density at radius 2 is 1.04 bits per heavy atom. The first-order chi connectivity index (χ1) is 11.5. The maximum Gasteiger partial charge on any atom is 0.332 e. The van der Waals surface area contributed by atoms with Crippen molar-refractivity contribution < 1.29 is 19.8 Å². The number of hydrogen-bond donors (Lipinski definition) is 2. The minimum absolute atomic E-state index is 0.0572. The third-order valence-electron chi connectivity index (χ3n) is 3.42. The average molecular weight is 332 g/mol. The minimum Gasteiger partial charge on any atom is -0.478 e. The second-order valence-corrected chi connectivity index (χ2v) is 5.36. The van der Waals surface area contributed by atoms with Gasteiger partial charge < -0.3 is 10.2 Å². The zero-order valence-corrected chi connectivity index (χ0v) is 14.2. The van der Waals surface area contributed by atoms with Gasteiger partial charge in [-0.3, -0.25) is 0 Å². The average Bonchev–Trinajstić information content (AvgIpc) is 2.54. The van der Waals surface area contributed by atoms with Crippen molar-refractivity contribution in [3.8, 4) is 0 Å². The largest absolute Gasteiger partial charge is 0.478 e. The van der Waals surface area contributed by atoms with Crippen LogP contribution in [0, 0.1) is 0 Å². The van der Waals surface area contributed by atoms with Crippen LogP contribution >= 0.6 is 0 Å². The van der Waals surface area contributed by atoms with Crippen LogP contribution in [-0.2, 0) is 9.59 Å². The molecule has 0 amide bonds. The Morgan fingerprint density at radius 1 is 0.667 bits per heavy atom. The molecule has 0 aromatic carbocycles. The summed E-state index contributed by atoms with van der Waals surface area (Å²) >= 11 is 0. The monoisotopic (exact) mass is 332 g/mol. The zero-order chi connectivity index (χ0) is 18.2. The van der Waals surface area contributed by atoms with E-state index in [1.165, 1.54) is 0 Å². The minimum atomic E-state index is -1.18. The van der Waals surface area contributed by atoms with Gasteiger partial charge in [0, 0.05) is 0 Å². The molecule has 0 saturated carbocycles. The SMILES string of the molecule is C=CCCCC=CC/C(C(=O)O)=C(/CC=CCCCC=C)C(=O)O. The van der Waals surface area contributed by atoms with Crippen molar-refractivity contribution in [3.05, 3.63) is 60.8 Å². The topological polar surface area (TPSA) is 74.6 Å². The summed E-state index contributed by atoms with van der Waals surface area (Å²) in [5.74, 6) is -2.36. The number of unbranched alkanes of at least 4 members (excludes halogenated alkanes) is 4. The van der Waals surface area contributed by atoms with Gasteiger partial charge in [-0.15, -0.1) is 13.2 Å². The molecule has 0 aromatic heterocycles. The van der Waals surface area contributed by atoms with Crippen LogP contribution in [-0.4, -0.2) is 22.2 Å². The summed E-state index contributed by atoms with van der Waals surface area (Å²) in [6.07, 6.45) is 16.5. The highest BCUT2D eigenvalue weighted by Crippen LogP contribution is 2.16. The summed E-state index contributed by atoms with van der Waals surface area (Å²) in [5, 5.41) is 18.6. The highest BCUT2D eigenvalue weighted by molar-refractivity contribution is 5.99. The molecule has 0 aromatic rings. The number of hydrogen-bond acceptors (Lipinski definition) is 2. The molecule has 24 heavy (non-hydrogen) atoms. The fraction of sp³-hybridized carbons (Fsp3) is 0.400. The summed E-state index contributed by atoms with van der Waals surface area (Å²) in [4.78, 5) is 22.8. The predicted molar refractivity (Wildman–Crippen MR) is 97.9 cm³/mol. The number of rotatable bonds is 14. The molecular formula is C20H28O4. The number of allylic oxidation sites excluding steroid dienone is 6. The van der Waals surface area contributed by atoms with Gasteiger partial charge in [-0.2, -0.15) is 0 Å². The van der Waals surface area contributed by atoms with E-state index in [9.17, 15) is 19.8 Å². The molecule has 0 fully saturated rings. The van der Waals surface area contributed by atoms with Crippen LogP contribution in [0.15, 0.2) is 60.8 Å². The second kappa shape index (κ2) is 14.2. The van der Waals surface area contributed by atoms with Gasteiger partial charge in [0.15, 0.2) is 0 Å². The number of carbonyl (C=O) groups is 2. The van der Waals surface area contributed by atoms with E-state index in [2.05, 4.69) is 13.2 Å². The third kappa shape index (κ3) is 10.4. The normalized spacial score (nSPS) is 12.3. The van der Waals surface area contributed by atoms with Gasteiger partial charge in [-0.25, -0.2) is 9.59 Å². The number of carboxylic acid groups (broad SMARTS) is 2. The summed E-state index contributed by atoms with van der Waals surface area (Å²) in [7, 11) is 0. The van der Waals surface area contributed by atoms with Gasteiger partial charge in [0.25, 0.3) is 0 Å². The van der Waals surface area contributed by atoms with Crippen molar-refractivity contribution in [3.63, 3.8) is 0 Å². The molecular weight excluding hydrogens is 304 g/mol. The van der Waals surface area contributed by atoms with Crippen LogP contribution in [0.5, 0.6) is 0 Å². The summed E-state index contributed by atoms with van der Waals surface area (Å²) in [6, 6.07) is 0. The maximum absolute atomic E-state index is 11.4. The predicted octanol–water partition coefficient (Wildman–Crippen LogP) is 5.06. The molecule has 0 aliphatic heterocycles. The lowest BCUT2D eigenvalue weighted by Gasteiger charge is -2.05. The van der Waals surface area contributed by atoms with E-state index in [1.807, 2.05) is 24.3 Å². The Labute approximate surface area is 144 Å². The van der Waals surface area contributed by atoms with E-state index >= 15 is 0 Å². The van der Waals surface area contributed by atoms with E-state index in [0.717, 1.165) is 38.5 Å². The van der Waals surface area contributed by atoms with Gasteiger partial charge >= 0.3 is 11.9 Å². The molecule has 0 aliphatic carbocycles. The van der Waals surface area contributed by atoms with Crippen LogP contribution in [0.25, 0.3) is 0 Å². The molecule has 0 atom stereocenters. The van der Waals surface area contributed by atoms with Crippen LogP contribution in [0.4, 0.5) is 0 Å². The Bertz CT molecular complexity index is 464. The summed E-state index contributed by atoms with van der Waals surface area (Å²) in [5.41, 5.74) is -0.114. The van der Waals surface area contributed by atoms with Gasteiger partial charge in [-0.1, -0.05) is 36.5 Å². The highest BCUT2D eigenvalue weighted by atomic mass is 16.4. The van der Waals surface area contributed by atoms with E-state index in [-0.39, 0.29) is 24.0 Å². The lowest BCUT2D eigenvalue weighted by molar-refractivity contribution is -0.136. The molecule has 0 saturated heterocycles. The highest BCUT2D eigenvalue weighted by Gasteiger charge is 2.17. The quantitative estimate of drug-likeness (QED) is 0.265. The second-order valence-electron chi connectivity index (χ2n) is 5.36. The first-order valence-electron chi connectivity index (χ1n) is 8.25. The van der Waals surface area contributed by atoms with Crippen LogP contribution in [0.3, 0.4) is 0 Å². The Morgan fingerprint density at radius 3 is 1.33 bits per heavy atom. The number of aliphatic carboxylic acids is 2. The van der Waals surface area contributed by atoms with Gasteiger partial charge in [0.2, 0.25) is 0 Å². The lowest BCUT2D eigenvalue weighted by Crippen LogP contribution is -2.10.